The lowest BCUT2D eigenvalue weighted by molar-refractivity contribution is -0.139. The van der Waals surface area contributed by atoms with E-state index in [1.165, 1.54) is 4.90 Å². The number of nitrogens with zero attached hydrogens (tertiary/aromatic N) is 3. The van der Waals surface area contributed by atoms with E-state index in [1.54, 1.807) is 55.0 Å². The maximum Gasteiger partial charge on any atom is 0.295 e. The van der Waals surface area contributed by atoms with Gasteiger partial charge in [-0.1, -0.05) is 23.7 Å². The van der Waals surface area contributed by atoms with Crippen molar-refractivity contribution in [3.63, 3.8) is 0 Å². The summed E-state index contributed by atoms with van der Waals surface area (Å²) in [4.78, 5) is 31.8. The molecule has 1 atom stereocenters. The van der Waals surface area contributed by atoms with Crippen LogP contribution < -0.4 is 9.47 Å². The molecule has 0 bridgehead atoms. The summed E-state index contributed by atoms with van der Waals surface area (Å²) in [5.41, 5.74) is 1.03. The second-order valence-electron chi connectivity index (χ2n) is 8.06. The molecule has 8 nitrogen and oxygen atoms in total. The van der Waals surface area contributed by atoms with Crippen LogP contribution in [0.25, 0.3) is 5.76 Å². The van der Waals surface area contributed by atoms with Gasteiger partial charge in [-0.15, -0.1) is 0 Å². The van der Waals surface area contributed by atoms with Crippen molar-refractivity contribution in [1.82, 2.24) is 14.5 Å². The lowest BCUT2D eigenvalue weighted by Crippen LogP contribution is -2.31. The number of carbonyl (C=O) groups excluding carboxylic acids is 2. The van der Waals surface area contributed by atoms with Crippen molar-refractivity contribution in [3.8, 4) is 11.5 Å². The largest absolute Gasteiger partial charge is 0.507 e. The minimum atomic E-state index is -0.769. The summed E-state index contributed by atoms with van der Waals surface area (Å²) in [6.07, 6.45) is 5.82. The number of Topliss-reactive ketones (excluding diaryl/α,β-unsaturated/α-hetero) is 1. The highest BCUT2D eigenvalue weighted by Gasteiger charge is 2.45. The number of ketones is 1. The first-order valence-corrected chi connectivity index (χ1v) is 11.3. The van der Waals surface area contributed by atoms with Crippen molar-refractivity contribution in [2.45, 2.75) is 19.0 Å². The molecule has 3 heterocycles. The summed E-state index contributed by atoms with van der Waals surface area (Å²) < 4.78 is 13.1. The first-order valence-electron chi connectivity index (χ1n) is 10.9. The van der Waals surface area contributed by atoms with Crippen molar-refractivity contribution in [2.75, 3.05) is 19.8 Å². The fourth-order valence-corrected chi connectivity index (χ4v) is 4.52. The molecule has 1 amide bonds. The van der Waals surface area contributed by atoms with Crippen LogP contribution in [-0.2, 0) is 16.1 Å². The highest BCUT2D eigenvalue weighted by atomic mass is 35.5. The van der Waals surface area contributed by atoms with Crippen LogP contribution >= 0.6 is 11.6 Å². The first-order chi connectivity index (χ1) is 16.5. The van der Waals surface area contributed by atoms with E-state index >= 15 is 0 Å². The summed E-state index contributed by atoms with van der Waals surface area (Å²) in [7, 11) is 0. The average molecular weight is 480 g/mol. The number of hydrogen-bond donors (Lipinski definition) is 1. The van der Waals surface area contributed by atoms with E-state index < -0.39 is 17.7 Å². The van der Waals surface area contributed by atoms with Gasteiger partial charge in [0.2, 0.25) is 0 Å². The third kappa shape index (κ3) is 4.12. The smallest absolute Gasteiger partial charge is 0.295 e. The highest BCUT2D eigenvalue weighted by Crippen LogP contribution is 2.41. The Morgan fingerprint density at radius 2 is 1.91 bits per heavy atom. The molecule has 0 saturated carbocycles. The number of halogens is 1. The van der Waals surface area contributed by atoms with Crippen molar-refractivity contribution < 1.29 is 24.2 Å². The summed E-state index contributed by atoms with van der Waals surface area (Å²) in [5, 5.41) is 11.7. The first kappa shape index (κ1) is 22.0. The Morgan fingerprint density at radius 1 is 1.09 bits per heavy atom. The molecule has 2 aromatic carbocycles. The maximum atomic E-state index is 13.2. The Morgan fingerprint density at radius 3 is 2.68 bits per heavy atom. The zero-order valence-electron chi connectivity index (χ0n) is 18.2. The number of aryl methyl sites for hydroxylation is 1. The molecule has 0 spiro atoms. The molecule has 0 unspecified atom stereocenters. The number of likely N-dealkylation sites (tertiary alicyclic amines) is 1. The number of hydrogen-bond acceptors (Lipinski definition) is 6. The molecule has 34 heavy (non-hydrogen) atoms. The maximum absolute atomic E-state index is 13.2. The number of benzene rings is 2. The van der Waals surface area contributed by atoms with Gasteiger partial charge in [0, 0.05) is 36.1 Å². The predicted octanol–water partition coefficient (Wildman–Crippen LogP) is 3.82. The van der Waals surface area contributed by atoms with Crippen molar-refractivity contribution in [2.24, 2.45) is 0 Å². The number of carbonyl (C=O) groups is 2. The second kappa shape index (κ2) is 9.23. The number of aliphatic hydroxyl groups excluding tert-OH is 1. The third-order valence-electron chi connectivity index (χ3n) is 5.89. The minimum Gasteiger partial charge on any atom is -0.507 e. The standard InChI is InChI=1S/C25H22ClN3O5/c26-18-4-1-3-16(13-18)22-21(23(30)17-5-6-19-20(14-17)34-12-11-33-19)24(31)25(32)29(22)9-2-8-28-10-7-27-15-28/h1,3-7,10,13-15,22,30H,2,8-9,11-12H2/b23-21+/t22-/m1/s1. The predicted molar refractivity (Wildman–Crippen MR) is 125 cm³/mol. The number of rotatable bonds is 6. The molecule has 174 valence electrons. The third-order valence-corrected chi connectivity index (χ3v) is 6.13. The van der Waals surface area contributed by atoms with E-state index in [9.17, 15) is 14.7 Å². The van der Waals surface area contributed by atoms with Gasteiger partial charge in [0.05, 0.1) is 17.9 Å². The molecule has 5 rings (SSSR count). The molecular formula is C25H22ClN3O5. The molecular weight excluding hydrogens is 458 g/mol. The van der Waals surface area contributed by atoms with E-state index in [0.29, 0.717) is 60.4 Å². The second-order valence-corrected chi connectivity index (χ2v) is 8.50. The van der Waals surface area contributed by atoms with Crippen LogP contribution in [0, 0.1) is 0 Å². The van der Waals surface area contributed by atoms with E-state index in [4.69, 9.17) is 21.1 Å². The van der Waals surface area contributed by atoms with Crippen LogP contribution in [0.1, 0.15) is 23.6 Å². The number of aliphatic hydroxyl groups is 1. The Balaban J connectivity index is 1.54. The Bertz CT molecular complexity index is 1270. The quantitative estimate of drug-likeness (QED) is 0.328. The highest BCUT2D eigenvalue weighted by molar-refractivity contribution is 6.46. The van der Waals surface area contributed by atoms with Crippen LogP contribution in [-0.4, -0.2) is 51.0 Å². The topological polar surface area (TPSA) is 93.9 Å². The summed E-state index contributed by atoms with van der Waals surface area (Å²) in [6, 6.07) is 11.1. The lowest BCUT2D eigenvalue weighted by atomic mass is 9.95. The fourth-order valence-electron chi connectivity index (χ4n) is 4.32. The molecule has 0 radical (unpaired) electrons. The van der Waals surface area contributed by atoms with Gasteiger partial charge in [-0.25, -0.2) is 4.98 Å². The van der Waals surface area contributed by atoms with Crippen LogP contribution in [0.15, 0.2) is 66.8 Å². The van der Waals surface area contributed by atoms with Gasteiger partial charge in [-0.3, -0.25) is 9.59 Å². The van der Waals surface area contributed by atoms with Crippen LogP contribution in [0.2, 0.25) is 5.02 Å². The van der Waals surface area contributed by atoms with Crippen LogP contribution in [0.3, 0.4) is 0 Å². The normalized spacial score (nSPS) is 19.0. The Hall–Kier alpha value is -3.78. The summed E-state index contributed by atoms with van der Waals surface area (Å²) >= 11 is 6.23. The van der Waals surface area contributed by atoms with E-state index in [1.807, 2.05) is 10.8 Å². The number of aromatic nitrogens is 2. The van der Waals surface area contributed by atoms with Crippen molar-refractivity contribution >= 4 is 29.1 Å². The van der Waals surface area contributed by atoms with Crippen LogP contribution in [0.4, 0.5) is 0 Å². The number of amides is 1. The molecule has 9 heteroatoms. The summed E-state index contributed by atoms with van der Waals surface area (Å²) in [6.45, 7) is 1.78. The molecule has 1 fully saturated rings. The van der Waals surface area contributed by atoms with Gasteiger partial charge in [0.15, 0.2) is 11.5 Å². The number of fused-ring (bicyclic) bond motifs is 1. The van der Waals surface area contributed by atoms with Gasteiger partial charge in [-0.2, -0.15) is 0 Å². The minimum absolute atomic E-state index is 0.0200. The molecule has 1 N–H and O–H groups in total. The van der Waals surface area contributed by atoms with Crippen molar-refractivity contribution in [1.29, 1.82) is 0 Å². The molecule has 1 aromatic heterocycles. The monoisotopic (exact) mass is 479 g/mol. The molecule has 2 aliphatic rings. The average Bonchev–Trinajstić information content (AvgIpc) is 3.45. The SMILES string of the molecule is O=C1C(=O)N(CCCn2ccnc2)[C@H](c2cccc(Cl)c2)/C1=C(\O)c1ccc2c(c1)OCCO2. The molecule has 3 aromatic rings. The van der Waals surface area contributed by atoms with E-state index in [0.717, 1.165) is 0 Å². The van der Waals surface area contributed by atoms with Gasteiger partial charge in [0.25, 0.3) is 11.7 Å². The van der Waals surface area contributed by atoms with Crippen molar-refractivity contribution in [3.05, 3.63) is 82.9 Å². The zero-order chi connectivity index (χ0) is 23.7. The molecule has 1 saturated heterocycles. The van der Waals surface area contributed by atoms with Gasteiger partial charge in [0.1, 0.15) is 19.0 Å². The molecule has 2 aliphatic heterocycles. The Labute approximate surface area is 201 Å². The van der Waals surface area contributed by atoms with Gasteiger partial charge in [-0.05, 0) is 42.3 Å². The van der Waals surface area contributed by atoms with Gasteiger partial charge < -0.3 is 24.0 Å². The fraction of sp³-hybridized carbons (Fsp3) is 0.240. The Kier molecular flexibility index (Phi) is 5.98. The lowest BCUT2D eigenvalue weighted by Gasteiger charge is -2.25. The van der Waals surface area contributed by atoms with Gasteiger partial charge >= 0.3 is 0 Å². The number of imidazole rings is 1. The summed E-state index contributed by atoms with van der Waals surface area (Å²) in [5.74, 6) is -0.620. The van der Waals surface area contributed by atoms with E-state index in [2.05, 4.69) is 4.98 Å². The zero-order valence-corrected chi connectivity index (χ0v) is 18.9. The molecule has 0 aliphatic carbocycles. The van der Waals surface area contributed by atoms with Crippen LogP contribution in [0.5, 0.6) is 11.5 Å². The van der Waals surface area contributed by atoms with E-state index in [-0.39, 0.29) is 11.3 Å². The number of ether oxygens (including phenoxy) is 2.